The fourth-order valence-electron chi connectivity index (χ4n) is 2.63. The van der Waals surface area contributed by atoms with Crippen molar-refractivity contribution in [3.05, 3.63) is 77.5 Å². The van der Waals surface area contributed by atoms with Crippen molar-refractivity contribution < 1.29 is 9.53 Å². The van der Waals surface area contributed by atoms with Gasteiger partial charge in [0.1, 0.15) is 6.07 Å². The van der Waals surface area contributed by atoms with Gasteiger partial charge in [-0.3, -0.25) is 0 Å². The first kappa shape index (κ1) is 15.6. The monoisotopic (exact) mass is 316 g/mol. The minimum atomic E-state index is -0.383. The van der Waals surface area contributed by atoms with Crippen LogP contribution in [-0.4, -0.2) is 17.6 Å². The van der Waals surface area contributed by atoms with Crippen molar-refractivity contribution in [3.8, 4) is 6.07 Å². The summed E-state index contributed by atoms with van der Waals surface area (Å²) in [5.41, 5.74) is 4.01. The Morgan fingerprint density at radius 3 is 2.71 bits per heavy atom. The average Bonchev–Trinajstić information content (AvgIpc) is 3.03. The van der Waals surface area contributed by atoms with Gasteiger partial charge in [0.15, 0.2) is 0 Å². The number of H-pyrrole nitrogens is 1. The number of carbonyl (C=O) groups excluding carboxylic acids is 1. The molecule has 118 valence electrons. The van der Waals surface area contributed by atoms with Gasteiger partial charge in [-0.1, -0.05) is 36.4 Å². The van der Waals surface area contributed by atoms with Gasteiger partial charge in [-0.25, -0.2) is 4.79 Å². The summed E-state index contributed by atoms with van der Waals surface area (Å²) in [5, 5.41) is 10.1. The fraction of sp³-hybridized carbons (Fsp3) is 0.100. The van der Waals surface area contributed by atoms with E-state index in [9.17, 15) is 10.1 Å². The van der Waals surface area contributed by atoms with Crippen LogP contribution in [-0.2, 0) is 9.53 Å². The average molecular weight is 316 g/mol. The summed E-state index contributed by atoms with van der Waals surface area (Å²) in [7, 11) is 0. The number of benzene rings is 2. The third-order valence-corrected chi connectivity index (χ3v) is 3.75. The molecule has 0 bridgehead atoms. The Labute approximate surface area is 140 Å². The minimum absolute atomic E-state index is 0.326. The molecule has 0 amide bonds. The molecule has 3 aromatic rings. The Bertz CT molecular complexity index is 947. The molecule has 4 nitrogen and oxygen atoms in total. The third-order valence-electron chi connectivity index (χ3n) is 3.75. The third kappa shape index (κ3) is 3.06. The second-order valence-electron chi connectivity index (χ2n) is 5.25. The van der Waals surface area contributed by atoms with Gasteiger partial charge in [-0.15, -0.1) is 0 Å². The quantitative estimate of drug-likeness (QED) is 0.583. The molecular formula is C20H16N2O2. The molecule has 24 heavy (non-hydrogen) atoms. The lowest BCUT2D eigenvalue weighted by molar-refractivity contribution is -0.137. The van der Waals surface area contributed by atoms with Crippen molar-refractivity contribution >= 4 is 22.4 Å². The smallest absolute Gasteiger partial charge is 0.331 e. The topological polar surface area (TPSA) is 65.9 Å². The van der Waals surface area contributed by atoms with E-state index in [1.54, 1.807) is 13.1 Å². The SMILES string of the molecule is CCOC(=O)/C=C(/c1ccccc1)c1ccc2[nH]cc(C#N)c2c1. The van der Waals surface area contributed by atoms with E-state index in [2.05, 4.69) is 11.1 Å². The summed E-state index contributed by atoms with van der Waals surface area (Å²) in [6, 6.07) is 17.6. The molecule has 0 saturated heterocycles. The number of nitrogens with zero attached hydrogens (tertiary/aromatic N) is 1. The van der Waals surface area contributed by atoms with Crippen molar-refractivity contribution in [3.63, 3.8) is 0 Å². The van der Waals surface area contributed by atoms with Crippen LogP contribution in [0.4, 0.5) is 0 Å². The molecular weight excluding hydrogens is 300 g/mol. The Morgan fingerprint density at radius 2 is 2.00 bits per heavy atom. The number of fused-ring (bicyclic) bond motifs is 1. The molecule has 0 fully saturated rings. The maximum atomic E-state index is 12.0. The molecule has 0 unspecified atom stereocenters. The van der Waals surface area contributed by atoms with Crippen LogP contribution < -0.4 is 0 Å². The molecule has 1 N–H and O–H groups in total. The lowest BCUT2D eigenvalue weighted by atomic mass is 9.96. The summed E-state index contributed by atoms with van der Waals surface area (Å²) in [6.07, 6.45) is 3.18. The van der Waals surface area contributed by atoms with E-state index in [-0.39, 0.29) is 5.97 Å². The number of esters is 1. The molecule has 3 rings (SSSR count). The summed E-state index contributed by atoms with van der Waals surface area (Å²) in [4.78, 5) is 15.1. The van der Waals surface area contributed by atoms with Crippen molar-refractivity contribution in [2.45, 2.75) is 6.92 Å². The number of carbonyl (C=O) groups is 1. The molecule has 0 radical (unpaired) electrons. The van der Waals surface area contributed by atoms with E-state index in [4.69, 9.17) is 4.74 Å². The maximum absolute atomic E-state index is 12.0. The Balaban J connectivity index is 2.15. The molecule has 1 heterocycles. The van der Waals surface area contributed by atoms with Crippen LogP contribution in [0.25, 0.3) is 16.5 Å². The fourth-order valence-corrected chi connectivity index (χ4v) is 2.63. The number of nitriles is 1. The van der Waals surface area contributed by atoms with Gasteiger partial charge in [-0.2, -0.15) is 5.26 Å². The number of ether oxygens (including phenoxy) is 1. The van der Waals surface area contributed by atoms with E-state index < -0.39 is 0 Å². The summed E-state index contributed by atoms with van der Waals surface area (Å²) >= 11 is 0. The number of hydrogen-bond acceptors (Lipinski definition) is 3. The van der Waals surface area contributed by atoms with Gasteiger partial charge >= 0.3 is 5.97 Å². The second-order valence-corrected chi connectivity index (χ2v) is 5.25. The zero-order valence-corrected chi connectivity index (χ0v) is 13.2. The molecule has 4 heteroatoms. The van der Waals surface area contributed by atoms with Crippen LogP contribution in [0.3, 0.4) is 0 Å². The standard InChI is InChI=1S/C20H16N2O2/c1-2-24-20(23)11-17(14-6-4-3-5-7-14)15-8-9-19-18(10-15)16(12-21)13-22-19/h3-11,13,22H,2H2,1H3/b17-11-. The molecule has 0 saturated carbocycles. The lowest BCUT2D eigenvalue weighted by Gasteiger charge is -2.09. The molecule has 0 aliphatic heterocycles. The molecule has 1 aromatic heterocycles. The normalized spacial score (nSPS) is 11.2. The van der Waals surface area contributed by atoms with Gasteiger partial charge in [0, 0.05) is 23.2 Å². The first-order valence-electron chi connectivity index (χ1n) is 7.68. The van der Waals surface area contributed by atoms with Gasteiger partial charge < -0.3 is 9.72 Å². The van der Waals surface area contributed by atoms with Gasteiger partial charge in [0.05, 0.1) is 12.2 Å². The van der Waals surface area contributed by atoms with Crippen molar-refractivity contribution in [2.24, 2.45) is 0 Å². The van der Waals surface area contributed by atoms with Crippen LogP contribution in [0.5, 0.6) is 0 Å². The highest BCUT2D eigenvalue weighted by Gasteiger charge is 2.11. The van der Waals surface area contributed by atoms with Crippen LogP contribution in [0.1, 0.15) is 23.6 Å². The Morgan fingerprint density at radius 1 is 1.21 bits per heavy atom. The molecule has 2 aromatic carbocycles. The van der Waals surface area contributed by atoms with E-state index in [1.165, 1.54) is 6.08 Å². The minimum Gasteiger partial charge on any atom is -0.463 e. The molecule has 0 aliphatic rings. The van der Waals surface area contributed by atoms with Crippen molar-refractivity contribution in [1.29, 1.82) is 5.26 Å². The van der Waals surface area contributed by atoms with Crippen LogP contribution in [0.15, 0.2) is 60.8 Å². The molecule has 0 aliphatic carbocycles. The van der Waals surface area contributed by atoms with Crippen LogP contribution in [0, 0.1) is 11.3 Å². The van der Waals surface area contributed by atoms with Crippen molar-refractivity contribution in [2.75, 3.05) is 6.61 Å². The van der Waals surface area contributed by atoms with Crippen LogP contribution in [0.2, 0.25) is 0 Å². The second kappa shape index (κ2) is 6.84. The number of rotatable bonds is 4. The largest absolute Gasteiger partial charge is 0.463 e. The van der Waals surface area contributed by atoms with Gasteiger partial charge in [-0.05, 0) is 35.8 Å². The number of aromatic amines is 1. The molecule has 0 spiro atoms. The van der Waals surface area contributed by atoms with E-state index in [0.29, 0.717) is 12.2 Å². The highest BCUT2D eigenvalue weighted by atomic mass is 16.5. The maximum Gasteiger partial charge on any atom is 0.331 e. The Hall–Kier alpha value is -3.32. The number of aromatic nitrogens is 1. The highest BCUT2D eigenvalue weighted by molar-refractivity contribution is 5.98. The molecule has 0 atom stereocenters. The summed E-state index contributed by atoms with van der Waals surface area (Å²) in [5.74, 6) is -0.383. The van der Waals surface area contributed by atoms with Crippen molar-refractivity contribution in [1.82, 2.24) is 4.98 Å². The zero-order valence-electron chi connectivity index (χ0n) is 13.2. The highest BCUT2D eigenvalue weighted by Crippen LogP contribution is 2.28. The van der Waals surface area contributed by atoms with Gasteiger partial charge in [0.2, 0.25) is 0 Å². The van der Waals surface area contributed by atoms with E-state index >= 15 is 0 Å². The number of nitrogens with one attached hydrogen (secondary N) is 1. The number of hydrogen-bond donors (Lipinski definition) is 1. The first-order valence-corrected chi connectivity index (χ1v) is 7.68. The predicted octanol–water partition coefficient (Wildman–Crippen LogP) is 4.03. The zero-order chi connectivity index (χ0) is 16.9. The lowest BCUT2D eigenvalue weighted by Crippen LogP contribution is -2.01. The van der Waals surface area contributed by atoms with Gasteiger partial charge in [0.25, 0.3) is 0 Å². The summed E-state index contributed by atoms with van der Waals surface area (Å²) < 4.78 is 5.06. The summed E-state index contributed by atoms with van der Waals surface area (Å²) in [6.45, 7) is 2.10. The predicted molar refractivity (Wildman–Crippen MR) is 93.2 cm³/mol. The Kier molecular flexibility index (Phi) is 4.44. The van der Waals surface area contributed by atoms with Crippen LogP contribution >= 0.6 is 0 Å². The van der Waals surface area contributed by atoms with E-state index in [1.807, 2.05) is 48.5 Å². The van der Waals surface area contributed by atoms with E-state index in [0.717, 1.165) is 27.6 Å². The first-order chi connectivity index (χ1) is 11.7.